The third kappa shape index (κ3) is 4.22. The molecule has 1 aromatic rings. The Labute approximate surface area is 110 Å². The maximum absolute atomic E-state index is 11.0. The standard InChI is InChI=1S/C12H17N3O4/c1-8-3-4-11(10(7-8)15(17)18)19-6-5-9(14-2)12(13)16/h3-4,7,9,14H,5-6H2,1-2H3,(H2,13,16). The first-order valence-electron chi connectivity index (χ1n) is 5.80. The lowest BCUT2D eigenvalue weighted by atomic mass is 10.2. The molecule has 7 heteroatoms. The SMILES string of the molecule is CNC(CCOc1ccc(C)cc1[N+](=O)[O-])C(N)=O. The second kappa shape index (κ2) is 6.69. The molecule has 0 fully saturated rings. The molecule has 0 radical (unpaired) electrons. The van der Waals surface area contributed by atoms with E-state index in [-0.39, 0.29) is 18.0 Å². The monoisotopic (exact) mass is 267 g/mol. The zero-order valence-electron chi connectivity index (χ0n) is 10.9. The Hall–Kier alpha value is -2.15. The van der Waals surface area contributed by atoms with E-state index in [0.29, 0.717) is 6.42 Å². The van der Waals surface area contributed by atoms with Gasteiger partial charge in [0.1, 0.15) is 0 Å². The summed E-state index contributed by atoms with van der Waals surface area (Å²) in [6.07, 6.45) is 0.344. The second-order valence-corrected chi connectivity index (χ2v) is 4.11. The number of primary amides is 1. The van der Waals surface area contributed by atoms with E-state index < -0.39 is 16.9 Å². The van der Waals surface area contributed by atoms with Gasteiger partial charge in [0.15, 0.2) is 5.75 Å². The molecule has 3 N–H and O–H groups in total. The predicted molar refractivity (Wildman–Crippen MR) is 70.0 cm³/mol. The third-order valence-corrected chi connectivity index (χ3v) is 2.67. The van der Waals surface area contributed by atoms with Crippen molar-refractivity contribution in [2.75, 3.05) is 13.7 Å². The molecule has 0 aromatic heterocycles. The summed E-state index contributed by atoms with van der Waals surface area (Å²) >= 11 is 0. The van der Waals surface area contributed by atoms with Gasteiger partial charge in [0, 0.05) is 12.5 Å². The smallest absolute Gasteiger partial charge is 0.311 e. The molecule has 0 aliphatic heterocycles. The van der Waals surface area contributed by atoms with Crippen LogP contribution >= 0.6 is 0 Å². The second-order valence-electron chi connectivity index (χ2n) is 4.11. The van der Waals surface area contributed by atoms with Crippen molar-refractivity contribution in [1.82, 2.24) is 5.32 Å². The first kappa shape index (κ1) is 14.9. The minimum atomic E-state index is -0.510. The molecule has 7 nitrogen and oxygen atoms in total. The van der Waals surface area contributed by atoms with Gasteiger partial charge in [-0.1, -0.05) is 6.07 Å². The maximum Gasteiger partial charge on any atom is 0.311 e. The normalized spacial score (nSPS) is 11.9. The number of hydrogen-bond donors (Lipinski definition) is 2. The van der Waals surface area contributed by atoms with Crippen molar-refractivity contribution < 1.29 is 14.5 Å². The summed E-state index contributed by atoms with van der Waals surface area (Å²) in [5.41, 5.74) is 5.86. The van der Waals surface area contributed by atoms with Gasteiger partial charge in [0.2, 0.25) is 5.91 Å². The minimum absolute atomic E-state index is 0.0833. The lowest BCUT2D eigenvalue weighted by Crippen LogP contribution is -2.40. The van der Waals surface area contributed by atoms with Crippen LogP contribution < -0.4 is 15.8 Å². The number of nitrogens with zero attached hydrogens (tertiary/aromatic N) is 1. The van der Waals surface area contributed by atoms with Crippen LogP contribution in [0.2, 0.25) is 0 Å². The van der Waals surface area contributed by atoms with Crippen molar-refractivity contribution in [1.29, 1.82) is 0 Å². The van der Waals surface area contributed by atoms with E-state index in [1.54, 1.807) is 26.1 Å². The highest BCUT2D eigenvalue weighted by atomic mass is 16.6. The predicted octanol–water partition coefficient (Wildman–Crippen LogP) is 0.745. The van der Waals surface area contributed by atoms with Gasteiger partial charge in [0.25, 0.3) is 0 Å². The Balaban J connectivity index is 2.68. The molecule has 0 spiro atoms. The van der Waals surface area contributed by atoms with Gasteiger partial charge in [-0.2, -0.15) is 0 Å². The molecule has 0 saturated carbocycles. The highest BCUT2D eigenvalue weighted by molar-refractivity contribution is 5.79. The van der Waals surface area contributed by atoms with Crippen molar-refractivity contribution in [3.8, 4) is 5.75 Å². The average Bonchev–Trinajstić information content (AvgIpc) is 2.35. The van der Waals surface area contributed by atoms with Crippen LogP contribution in [-0.4, -0.2) is 30.5 Å². The molecule has 1 rings (SSSR count). The van der Waals surface area contributed by atoms with Gasteiger partial charge in [-0.25, -0.2) is 0 Å². The number of rotatable bonds is 7. The lowest BCUT2D eigenvalue weighted by molar-refractivity contribution is -0.385. The molecule has 0 bridgehead atoms. The molecule has 0 saturated heterocycles. The molecule has 0 aliphatic carbocycles. The molecular formula is C12H17N3O4. The van der Waals surface area contributed by atoms with Crippen LogP contribution in [0, 0.1) is 17.0 Å². The lowest BCUT2D eigenvalue weighted by Gasteiger charge is -2.13. The van der Waals surface area contributed by atoms with Crippen molar-refractivity contribution in [2.24, 2.45) is 5.73 Å². The number of nitrogens with one attached hydrogen (secondary N) is 1. The van der Waals surface area contributed by atoms with Crippen molar-refractivity contribution >= 4 is 11.6 Å². The molecule has 0 aliphatic rings. The summed E-state index contributed by atoms with van der Waals surface area (Å²) in [7, 11) is 1.61. The quantitative estimate of drug-likeness (QED) is 0.559. The van der Waals surface area contributed by atoms with Gasteiger partial charge in [-0.15, -0.1) is 0 Å². The fourth-order valence-corrected chi connectivity index (χ4v) is 1.61. The number of amides is 1. The van der Waals surface area contributed by atoms with Gasteiger partial charge in [-0.05, 0) is 25.6 Å². The molecule has 0 heterocycles. The Morgan fingerprint density at radius 1 is 1.58 bits per heavy atom. The number of benzene rings is 1. The third-order valence-electron chi connectivity index (χ3n) is 2.67. The summed E-state index contributed by atoms with van der Waals surface area (Å²) < 4.78 is 5.35. The number of ether oxygens (including phenoxy) is 1. The first-order chi connectivity index (χ1) is 8.95. The molecular weight excluding hydrogens is 250 g/mol. The van der Waals surface area contributed by atoms with Crippen LogP contribution in [-0.2, 0) is 4.79 Å². The largest absolute Gasteiger partial charge is 0.487 e. The topological polar surface area (TPSA) is 107 Å². The Morgan fingerprint density at radius 3 is 2.79 bits per heavy atom. The summed E-state index contributed by atoms with van der Waals surface area (Å²) in [4.78, 5) is 21.4. The Kier molecular flexibility index (Phi) is 5.25. The number of nitro benzene ring substituents is 1. The van der Waals surface area contributed by atoms with Crippen LogP contribution in [0.1, 0.15) is 12.0 Å². The summed E-state index contributed by atoms with van der Waals surface area (Å²) in [6, 6.07) is 4.21. The number of nitrogens with two attached hydrogens (primary N) is 1. The molecule has 104 valence electrons. The summed E-state index contributed by atoms with van der Waals surface area (Å²) in [6.45, 7) is 1.93. The minimum Gasteiger partial charge on any atom is -0.487 e. The number of carbonyl (C=O) groups is 1. The van der Waals surface area contributed by atoms with Gasteiger partial charge in [0.05, 0.1) is 17.6 Å². The van der Waals surface area contributed by atoms with Gasteiger partial charge < -0.3 is 15.8 Å². The van der Waals surface area contributed by atoms with Crippen LogP contribution in [0.25, 0.3) is 0 Å². The Morgan fingerprint density at radius 2 is 2.26 bits per heavy atom. The fourth-order valence-electron chi connectivity index (χ4n) is 1.61. The summed E-state index contributed by atoms with van der Waals surface area (Å²) in [5, 5.41) is 13.6. The van der Waals surface area contributed by atoms with E-state index >= 15 is 0 Å². The highest BCUT2D eigenvalue weighted by Gasteiger charge is 2.17. The van der Waals surface area contributed by atoms with E-state index in [1.165, 1.54) is 6.07 Å². The molecule has 1 atom stereocenters. The summed E-state index contributed by atoms with van der Waals surface area (Å²) in [5.74, 6) is -0.292. The van der Waals surface area contributed by atoms with E-state index in [4.69, 9.17) is 10.5 Å². The van der Waals surface area contributed by atoms with E-state index in [0.717, 1.165) is 5.56 Å². The van der Waals surface area contributed by atoms with E-state index in [2.05, 4.69) is 5.32 Å². The van der Waals surface area contributed by atoms with Crippen molar-refractivity contribution in [3.63, 3.8) is 0 Å². The van der Waals surface area contributed by atoms with Crippen LogP contribution in [0.4, 0.5) is 5.69 Å². The van der Waals surface area contributed by atoms with Crippen LogP contribution in [0.5, 0.6) is 5.75 Å². The Bertz CT molecular complexity index is 476. The number of carbonyl (C=O) groups excluding carboxylic acids is 1. The van der Waals surface area contributed by atoms with E-state index in [9.17, 15) is 14.9 Å². The van der Waals surface area contributed by atoms with Crippen molar-refractivity contribution in [2.45, 2.75) is 19.4 Å². The highest BCUT2D eigenvalue weighted by Crippen LogP contribution is 2.27. The number of nitro groups is 1. The number of hydrogen-bond acceptors (Lipinski definition) is 5. The maximum atomic E-state index is 11.0. The molecule has 19 heavy (non-hydrogen) atoms. The molecule has 1 aromatic carbocycles. The molecule has 1 unspecified atom stereocenters. The molecule has 1 amide bonds. The fraction of sp³-hybridized carbons (Fsp3) is 0.417. The van der Waals surface area contributed by atoms with Gasteiger partial charge in [-0.3, -0.25) is 14.9 Å². The van der Waals surface area contributed by atoms with Gasteiger partial charge >= 0.3 is 5.69 Å². The van der Waals surface area contributed by atoms with Crippen LogP contribution in [0.3, 0.4) is 0 Å². The average molecular weight is 267 g/mol. The zero-order chi connectivity index (χ0) is 14.4. The van der Waals surface area contributed by atoms with E-state index in [1.807, 2.05) is 0 Å². The van der Waals surface area contributed by atoms with Crippen molar-refractivity contribution in [3.05, 3.63) is 33.9 Å². The first-order valence-corrected chi connectivity index (χ1v) is 5.80. The number of likely N-dealkylation sites (N-methyl/N-ethyl adjacent to an activating group) is 1. The zero-order valence-corrected chi connectivity index (χ0v) is 10.9. The number of aryl methyl sites for hydroxylation is 1. The van der Waals surface area contributed by atoms with Crippen LogP contribution in [0.15, 0.2) is 18.2 Å².